The van der Waals surface area contributed by atoms with Crippen LogP contribution >= 0.6 is 0 Å². The van der Waals surface area contributed by atoms with Crippen LogP contribution in [0.2, 0.25) is 0 Å². The number of ether oxygens (including phenoxy) is 2. The smallest absolute Gasteiger partial charge is 0.257 e. The fraction of sp³-hybridized carbons (Fsp3) is 0.684. The van der Waals surface area contributed by atoms with Crippen molar-refractivity contribution >= 4 is 11.8 Å². The third-order valence-electron chi connectivity index (χ3n) is 5.62. The Morgan fingerprint density at radius 1 is 0.962 bits per heavy atom. The third kappa shape index (κ3) is 3.25. The van der Waals surface area contributed by atoms with E-state index in [1.54, 1.807) is 0 Å². The Labute approximate surface area is 153 Å². The van der Waals surface area contributed by atoms with Crippen molar-refractivity contribution in [3.05, 3.63) is 22.6 Å². The fourth-order valence-electron chi connectivity index (χ4n) is 4.12. The molecule has 0 atom stereocenters. The summed E-state index contributed by atoms with van der Waals surface area (Å²) in [5.74, 6) is 1.73. The maximum atomic E-state index is 13.0. The molecule has 4 rings (SSSR count). The van der Waals surface area contributed by atoms with Crippen molar-refractivity contribution < 1.29 is 23.5 Å². The van der Waals surface area contributed by atoms with E-state index in [-0.39, 0.29) is 17.7 Å². The Kier molecular flexibility index (Phi) is 5.00. The Balaban J connectivity index is 1.54. The van der Waals surface area contributed by atoms with Gasteiger partial charge in [-0.05, 0) is 19.8 Å². The molecule has 7 heteroatoms. The van der Waals surface area contributed by atoms with Crippen LogP contribution < -0.4 is 0 Å². The van der Waals surface area contributed by atoms with Crippen LogP contribution in [0, 0.1) is 12.8 Å². The fourth-order valence-corrected chi connectivity index (χ4v) is 4.12. The number of carbonyl (C=O) groups is 2. The predicted octanol–water partition coefficient (Wildman–Crippen LogP) is 1.37. The van der Waals surface area contributed by atoms with Crippen molar-refractivity contribution in [2.45, 2.75) is 32.7 Å². The van der Waals surface area contributed by atoms with Crippen LogP contribution in [0.4, 0.5) is 0 Å². The van der Waals surface area contributed by atoms with Crippen LogP contribution in [0.5, 0.6) is 0 Å². The first-order chi connectivity index (χ1) is 12.6. The normalized spacial score (nSPS) is 21.6. The van der Waals surface area contributed by atoms with E-state index in [0.717, 1.165) is 24.2 Å². The summed E-state index contributed by atoms with van der Waals surface area (Å²) < 4.78 is 16.6. The van der Waals surface area contributed by atoms with Crippen molar-refractivity contribution in [1.29, 1.82) is 0 Å². The molecule has 1 aromatic heterocycles. The number of nitrogens with zero attached hydrogens (tertiary/aromatic N) is 2. The Morgan fingerprint density at radius 2 is 1.65 bits per heavy atom. The monoisotopic (exact) mass is 362 g/mol. The van der Waals surface area contributed by atoms with E-state index in [1.807, 2.05) is 16.7 Å². The minimum Gasteiger partial charge on any atom is -0.465 e. The van der Waals surface area contributed by atoms with Gasteiger partial charge in [-0.3, -0.25) is 9.59 Å². The molecule has 0 aliphatic carbocycles. The predicted molar refractivity (Wildman–Crippen MR) is 92.8 cm³/mol. The second-order valence-corrected chi connectivity index (χ2v) is 7.24. The van der Waals surface area contributed by atoms with Gasteiger partial charge in [0.25, 0.3) is 5.91 Å². The van der Waals surface area contributed by atoms with E-state index >= 15 is 0 Å². The van der Waals surface area contributed by atoms with Crippen molar-refractivity contribution in [3.63, 3.8) is 0 Å². The van der Waals surface area contributed by atoms with E-state index in [4.69, 9.17) is 13.9 Å². The first kappa shape index (κ1) is 17.5. The van der Waals surface area contributed by atoms with E-state index < -0.39 is 0 Å². The number of rotatable bonds is 2. The third-order valence-corrected chi connectivity index (χ3v) is 5.62. The maximum Gasteiger partial charge on any atom is 0.257 e. The van der Waals surface area contributed by atoms with Crippen LogP contribution in [0.15, 0.2) is 4.42 Å². The molecule has 0 radical (unpaired) electrons. The first-order valence-electron chi connectivity index (χ1n) is 9.50. The zero-order chi connectivity index (χ0) is 18.1. The van der Waals surface area contributed by atoms with Crippen molar-refractivity contribution in [2.24, 2.45) is 5.92 Å². The van der Waals surface area contributed by atoms with Crippen molar-refractivity contribution in [1.82, 2.24) is 9.80 Å². The number of aryl methyl sites for hydroxylation is 1. The lowest BCUT2D eigenvalue weighted by Crippen LogP contribution is -2.43. The summed E-state index contributed by atoms with van der Waals surface area (Å²) in [7, 11) is 0. The van der Waals surface area contributed by atoms with Gasteiger partial charge >= 0.3 is 0 Å². The summed E-state index contributed by atoms with van der Waals surface area (Å²) in [6.07, 6.45) is 2.24. The molecule has 0 bridgehead atoms. The lowest BCUT2D eigenvalue weighted by molar-refractivity contribution is -0.139. The SMILES string of the molecule is Cc1oc2c(c1C(=O)N1CCOCC1)CN(C(=O)C1CCOCC1)CC2. The molecule has 3 aliphatic rings. The molecule has 2 amide bonds. The van der Waals surface area contributed by atoms with Gasteiger partial charge in [0.1, 0.15) is 11.5 Å². The topological polar surface area (TPSA) is 72.2 Å². The lowest BCUT2D eigenvalue weighted by Gasteiger charge is -2.32. The molecule has 7 nitrogen and oxygen atoms in total. The molecule has 142 valence electrons. The van der Waals surface area contributed by atoms with Gasteiger partial charge in [-0.1, -0.05) is 0 Å². The minimum atomic E-state index is -0.00355. The lowest BCUT2D eigenvalue weighted by atomic mass is 9.96. The Bertz CT molecular complexity index is 686. The summed E-state index contributed by atoms with van der Waals surface area (Å²) in [5, 5.41) is 0. The highest BCUT2D eigenvalue weighted by atomic mass is 16.5. The van der Waals surface area contributed by atoms with E-state index in [9.17, 15) is 9.59 Å². The molecule has 3 aliphatic heterocycles. The Hall–Kier alpha value is -1.86. The second kappa shape index (κ2) is 7.40. The first-order valence-corrected chi connectivity index (χ1v) is 9.50. The molecule has 0 N–H and O–H groups in total. The van der Waals surface area contributed by atoms with Crippen LogP contribution in [-0.2, 0) is 27.2 Å². The quantitative estimate of drug-likeness (QED) is 0.795. The number of morpholine rings is 1. The highest BCUT2D eigenvalue weighted by Crippen LogP contribution is 2.31. The second-order valence-electron chi connectivity index (χ2n) is 7.24. The van der Waals surface area contributed by atoms with Gasteiger partial charge in [0, 0.05) is 57.3 Å². The number of furan rings is 1. The van der Waals surface area contributed by atoms with Gasteiger partial charge in [0.2, 0.25) is 5.91 Å². The van der Waals surface area contributed by atoms with Gasteiger partial charge in [0.15, 0.2) is 0 Å². The molecule has 1 aromatic rings. The standard InChI is InChI=1S/C19H26N2O5/c1-13-17(19(23)20-6-10-25-11-7-20)15-12-21(5-2-16(15)26-13)18(22)14-3-8-24-9-4-14/h14H,2-12H2,1H3. The van der Waals surface area contributed by atoms with E-state index in [1.165, 1.54) is 0 Å². The average Bonchev–Trinajstić information content (AvgIpc) is 3.03. The highest BCUT2D eigenvalue weighted by Gasteiger charge is 2.34. The summed E-state index contributed by atoms with van der Waals surface area (Å²) >= 11 is 0. The van der Waals surface area contributed by atoms with Crippen molar-refractivity contribution in [2.75, 3.05) is 46.1 Å². The zero-order valence-electron chi connectivity index (χ0n) is 15.3. The molecular formula is C19H26N2O5. The molecule has 0 aromatic carbocycles. The number of amides is 2. The van der Waals surface area contributed by atoms with Gasteiger partial charge < -0.3 is 23.7 Å². The Morgan fingerprint density at radius 3 is 2.38 bits per heavy atom. The number of fused-ring (bicyclic) bond motifs is 1. The van der Waals surface area contributed by atoms with Gasteiger partial charge in [-0.15, -0.1) is 0 Å². The minimum absolute atomic E-state index is 0.00355. The molecule has 0 unspecified atom stereocenters. The molecule has 4 heterocycles. The van der Waals surface area contributed by atoms with Crippen LogP contribution in [-0.4, -0.2) is 67.7 Å². The summed E-state index contributed by atoms with van der Waals surface area (Å²) in [6.45, 7) is 6.61. The number of hydrogen-bond acceptors (Lipinski definition) is 5. The largest absolute Gasteiger partial charge is 0.465 e. The van der Waals surface area contributed by atoms with Gasteiger partial charge in [0.05, 0.1) is 18.8 Å². The van der Waals surface area contributed by atoms with E-state index in [2.05, 4.69) is 0 Å². The summed E-state index contributed by atoms with van der Waals surface area (Å²) in [5.41, 5.74) is 1.54. The van der Waals surface area contributed by atoms with Crippen LogP contribution in [0.1, 0.15) is 40.3 Å². The van der Waals surface area contributed by atoms with Crippen molar-refractivity contribution in [3.8, 4) is 0 Å². The highest BCUT2D eigenvalue weighted by molar-refractivity contribution is 5.97. The summed E-state index contributed by atoms with van der Waals surface area (Å²) in [4.78, 5) is 29.6. The maximum absolute atomic E-state index is 13.0. The summed E-state index contributed by atoms with van der Waals surface area (Å²) in [6, 6.07) is 0. The number of carbonyl (C=O) groups excluding carboxylic acids is 2. The van der Waals surface area contributed by atoms with Crippen LogP contribution in [0.3, 0.4) is 0 Å². The van der Waals surface area contributed by atoms with Gasteiger partial charge in [-0.2, -0.15) is 0 Å². The molecule has 0 saturated carbocycles. The average molecular weight is 362 g/mol. The molecule has 2 saturated heterocycles. The molecule has 26 heavy (non-hydrogen) atoms. The molecule has 2 fully saturated rings. The molecular weight excluding hydrogens is 336 g/mol. The molecule has 0 spiro atoms. The van der Waals surface area contributed by atoms with Crippen LogP contribution in [0.25, 0.3) is 0 Å². The van der Waals surface area contributed by atoms with E-state index in [0.29, 0.717) is 70.4 Å². The number of hydrogen-bond donors (Lipinski definition) is 0. The zero-order valence-corrected chi connectivity index (χ0v) is 15.3. The van der Waals surface area contributed by atoms with Gasteiger partial charge in [-0.25, -0.2) is 0 Å².